The zero-order chi connectivity index (χ0) is 20.7. The van der Waals surface area contributed by atoms with E-state index in [1.807, 2.05) is 11.8 Å². The standard InChI is InChI=1S/C21H26N8O/c1-3-29-19(15-10-22-13(2)23-11-15)27-17-18(24-12-25-20(17)29)26-16-6-5-14(9-16)21(30)28-7-4-8-28/h10-12,14,16H,3-9H2,1-2H3,(H,24,25,26). The summed E-state index contributed by atoms with van der Waals surface area (Å²) in [6.45, 7) is 6.49. The molecule has 4 heterocycles. The van der Waals surface area contributed by atoms with Crippen molar-refractivity contribution in [3.63, 3.8) is 0 Å². The van der Waals surface area contributed by atoms with Gasteiger partial charge in [-0.3, -0.25) is 4.79 Å². The SMILES string of the molecule is CCn1c(-c2cnc(C)nc2)nc2c(NC3CCC(C(=O)N4CCC4)C3)ncnc21. The number of nitrogens with zero attached hydrogens (tertiary/aromatic N) is 7. The summed E-state index contributed by atoms with van der Waals surface area (Å²) >= 11 is 0. The Balaban J connectivity index is 1.41. The van der Waals surface area contributed by atoms with E-state index in [1.54, 1.807) is 18.7 Å². The first-order valence-corrected chi connectivity index (χ1v) is 10.7. The third kappa shape index (κ3) is 3.28. The Bertz CT molecular complexity index is 1070. The van der Waals surface area contributed by atoms with Gasteiger partial charge in [-0.2, -0.15) is 0 Å². The van der Waals surface area contributed by atoms with Gasteiger partial charge < -0.3 is 14.8 Å². The molecule has 5 rings (SSSR count). The van der Waals surface area contributed by atoms with Gasteiger partial charge in [0.15, 0.2) is 17.0 Å². The van der Waals surface area contributed by atoms with E-state index in [0.29, 0.717) is 5.91 Å². The Hall–Kier alpha value is -3.10. The van der Waals surface area contributed by atoms with E-state index in [4.69, 9.17) is 4.98 Å². The van der Waals surface area contributed by atoms with Crippen LogP contribution in [-0.2, 0) is 11.3 Å². The molecule has 9 heteroatoms. The highest BCUT2D eigenvalue weighted by atomic mass is 16.2. The number of amides is 1. The number of fused-ring (bicyclic) bond motifs is 1. The van der Waals surface area contributed by atoms with Gasteiger partial charge in [0.25, 0.3) is 0 Å². The molecule has 2 fully saturated rings. The van der Waals surface area contributed by atoms with E-state index < -0.39 is 0 Å². The summed E-state index contributed by atoms with van der Waals surface area (Å²) in [5.41, 5.74) is 2.39. The van der Waals surface area contributed by atoms with E-state index >= 15 is 0 Å². The van der Waals surface area contributed by atoms with E-state index in [2.05, 4.69) is 36.7 Å². The largest absolute Gasteiger partial charge is 0.365 e. The maximum Gasteiger partial charge on any atom is 0.225 e. The van der Waals surface area contributed by atoms with Crippen LogP contribution in [0.5, 0.6) is 0 Å². The first-order valence-electron chi connectivity index (χ1n) is 10.7. The molecule has 1 amide bonds. The molecule has 2 aliphatic rings. The molecule has 1 saturated heterocycles. The second-order valence-corrected chi connectivity index (χ2v) is 8.12. The number of nitrogens with one attached hydrogen (secondary N) is 1. The van der Waals surface area contributed by atoms with Crippen LogP contribution in [0.25, 0.3) is 22.6 Å². The number of aryl methyl sites for hydroxylation is 2. The number of anilines is 1. The third-order valence-electron chi connectivity index (χ3n) is 6.18. The smallest absolute Gasteiger partial charge is 0.225 e. The van der Waals surface area contributed by atoms with E-state index in [-0.39, 0.29) is 12.0 Å². The van der Waals surface area contributed by atoms with Crippen molar-refractivity contribution in [1.29, 1.82) is 0 Å². The van der Waals surface area contributed by atoms with E-state index in [9.17, 15) is 4.79 Å². The second kappa shape index (κ2) is 7.62. The lowest BCUT2D eigenvalue weighted by Gasteiger charge is -2.33. The molecular formula is C21H26N8O. The average Bonchev–Trinajstić information content (AvgIpc) is 3.32. The van der Waals surface area contributed by atoms with Crippen LogP contribution in [0.1, 0.15) is 38.4 Å². The van der Waals surface area contributed by atoms with E-state index in [1.165, 1.54) is 0 Å². The van der Waals surface area contributed by atoms with Crippen molar-refractivity contribution in [1.82, 2.24) is 34.4 Å². The highest BCUT2D eigenvalue weighted by molar-refractivity contribution is 5.86. The second-order valence-electron chi connectivity index (χ2n) is 8.12. The number of carbonyl (C=O) groups excluding carboxylic acids is 1. The predicted octanol–water partition coefficient (Wildman–Crippen LogP) is 2.42. The molecule has 1 saturated carbocycles. The Kier molecular flexibility index (Phi) is 4.80. The minimum absolute atomic E-state index is 0.119. The zero-order valence-corrected chi connectivity index (χ0v) is 17.4. The van der Waals surface area contributed by atoms with Crippen molar-refractivity contribution in [3.05, 3.63) is 24.5 Å². The van der Waals surface area contributed by atoms with Gasteiger partial charge in [0.05, 0.1) is 5.56 Å². The quantitative estimate of drug-likeness (QED) is 0.694. The number of hydrogen-bond donors (Lipinski definition) is 1. The Morgan fingerprint density at radius 2 is 1.97 bits per heavy atom. The van der Waals surface area contributed by atoms with Crippen molar-refractivity contribution < 1.29 is 4.79 Å². The van der Waals surface area contributed by atoms with Crippen molar-refractivity contribution in [2.75, 3.05) is 18.4 Å². The van der Waals surface area contributed by atoms with Gasteiger partial charge in [-0.1, -0.05) is 0 Å². The van der Waals surface area contributed by atoms with Gasteiger partial charge in [0, 0.05) is 44.0 Å². The Morgan fingerprint density at radius 1 is 1.17 bits per heavy atom. The lowest BCUT2D eigenvalue weighted by atomic mass is 10.0. The van der Waals surface area contributed by atoms with Gasteiger partial charge in [0.1, 0.15) is 18.0 Å². The maximum atomic E-state index is 12.6. The van der Waals surface area contributed by atoms with Gasteiger partial charge in [-0.25, -0.2) is 24.9 Å². The van der Waals surface area contributed by atoms with Crippen molar-refractivity contribution >= 4 is 22.9 Å². The molecule has 0 bridgehead atoms. The molecule has 1 aliphatic heterocycles. The monoisotopic (exact) mass is 406 g/mol. The first-order chi connectivity index (χ1) is 14.6. The molecule has 1 N–H and O–H groups in total. The molecule has 156 valence electrons. The van der Waals surface area contributed by atoms with Gasteiger partial charge in [-0.15, -0.1) is 0 Å². The number of likely N-dealkylation sites (tertiary alicyclic amines) is 1. The molecule has 30 heavy (non-hydrogen) atoms. The number of hydrogen-bond acceptors (Lipinski definition) is 7. The molecule has 0 aromatic carbocycles. The van der Waals surface area contributed by atoms with Crippen LogP contribution in [0, 0.1) is 12.8 Å². The van der Waals surface area contributed by atoms with Gasteiger partial charge >= 0.3 is 0 Å². The van der Waals surface area contributed by atoms with Gasteiger partial charge in [0.2, 0.25) is 5.91 Å². The predicted molar refractivity (Wildman–Crippen MR) is 113 cm³/mol. The molecular weight excluding hydrogens is 380 g/mol. The number of carbonyl (C=O) groups is 1. The first kappa shape index (κ1) is 18.9. The summed E-state index contributed by atoms with van der Waals surface area (Å²) in [7, 11) is 0. The molecule has 2 atom stereocenters. The number of rotatable bonds is 5. The topological polar surface area (TPSA) is 102 Å². The summed E-state index contributed by atoms with van der Waals surface area (Å²) < 4.78 is 2.06. The summed E-state index contributed by atoms with van der Waals surface area (Å²) in [6.07, 6.45) is 9.02. The third-order valence-corrected chi connectivity index (χ3v) is 6.18. The maximum absolute atomic E-state index is 12.6. The van der Waals surface area contributed by atoms with Crippen LogP contribution in [0.4, 0.5) is 5.82 Å². The van der Waals surface area contributed by atoms with Crippen molar-refractivity contribution in [2.24, 2.45) is 5.92 Å². The molecule has 3 aromatic heterocycles. The van der Waals surface area contributed by atoms with Crippen LogP contribution in [0.3, 0.4) is 0 Å². The lowest BCUT2D eigenvalue weighted by Crippen LogP contribution is -2.44. The average molecular weight is 406 g/mol. The lowest BCUT2D eigenvalue weighted by molar-refractivity contribution is -0.138. The molecule has 0 radical (unpaired) electrons. The van der Waals surface area contributed by atoms with Crippen LogP contribution in [0.15, 0.2) is 18.7 Å². The summed E-state index contributed by atoms with van der Waals surface area (Å²) in [6, 6.07) is 0.219. The molecule has 3 aromatic rings. The van der Waals surface area contributed by atoms with Crippen LogP contribution in [0.2, 0.25) is 0 Å². The number of aromatic nitrogens is 6. The summed E-state index contributed by atoms with van der Waals surface area (Å²) in [5.74, 6) is 2.67. The Labute approximate surface area is 175 Å². The highest BCUT2D eigenvalue weighted by Gasteiger charge is 2.34. The molecule has 9 nitrogen and oxygen atoms in total. The van der Waals surface area contributed by atoms with Crippen LogP contribution >= 0.6 is 0 Å². The zero-order valence-electron chi connectivity index (χ0n) is 17.4. The minimum atomic E-state index is 0.119. The molecule has 0 spiro atoms. The van der Waals surface area contributed by atoms with Crippen molar-refractivity contribution in [2.45, 2.75) is 52.1 Å². The summed E-state index contributed by atoms with van der Waals surface area (Å²) in [4.78, 5) is 37.0. The van der Waals surface area contributed by atoms with Crippen LogP contribution in [-0.4, -0.2) is 59.4 Å². The minimum Gasteiger partial charge on any atom is -0.365 e. The van der Waals surface area contributed by atoms with Gasteiger partial charge in [-0.05, 0) is 39.5 Å². The molecule has 2 unspecified atom stereocenters. The summed E-state index contributed by atoms with van der Waals surface area (Å²) in [5, 5.41) is 3.54. The molecule has 1 aliphatic carbocycles. The van der Waals surface area contributed by atoms with E-state index in [0.717, 1.165) is 79.5 Å². The fraction of sp³-hybridized carbons (Fsp3) is 0.524. The normalized spacial score (nSPS) is 21.1. The highest BCUT2D eigenvalue weighted by Crippen LogP contribution is 2.32. The fourth-order valence-electron chi connectivity index (χ4n) is 4.40. The number of imidazole rings is 1. The van der Waals surface area contributed by atoms with Crippen molar-refractivity contribution in [3.8, 4) is 11.4 Å². The Morgan fingerprint density at radius 3 is 2.67 bits per heavy atom. The van der Waals surface area contributed by atoms with Crippen LogP contribution < -0.4 is 5.32 Å². The fourth-order valence-corrected chi connectivity index (χ4v) is 4.40.